The molecule has 0 spiro atoms. The molecule has 1 N–H and O–H groups in total. The SMILES string of the molecule is Cc1ccc(CNCC2CCSCC2)nc1. The molecule has 88 valence electrons. The number of nitrogens with zero attached hydrogens (tertiary/aromatic N) is 1. The molecule has 1 aliphatic heterocycles. The van der Waals surface area contributed by atoms with Crippen LogP contribution in [0.15, 0.2) is 18.3 Å². The van der Waals surface area contributed by atoms with Gasteiger partial charge in [-0.3, -0.25) is 4.98 Å². The van der Waals surface area contributed by atoms with Crippen molar-refractivity contribution in [1.29, 1.82) is 0 Å². The molecule has 0 saturated carbocycles. The highest BCUT2D eigenvalue weighted by Crippen LogP contribution is 2.21. The molecule has 3 heteroatoms. The number of nitrogens with one attached hydrogen (secondary N) is 1. The van der Waals surface area contributed by atoms with Crippen LogP contribution in [-0.4, -0.2) is 23.0 Å². The fourth-order valence-electron chi connectivity index (χ4n) is 1.96. The zero-order valence-electron chi connectivity index (χ0n) is 9.91. The number of aromatic nitrogens is 1. The third-order valence-corrected chi connectivity index (χ3v) is 4.10. The molecule has 0 bridgehead atoms. The lowest BCUT2D eigenvalue weighted by atomic mass is 10.0. The van der Waals surface area contributed by atoms with Crippen LogP contribution in [-0.2, 0) is 6.54 Å². The van der Waals surface area contributed by atoms with E-state index in [0.29, 0.717) is 0 Å². The molecule has 0 radical (unpaired) electrons. The quantitative estimate of drug-likeness (QED) is 0.870. The van der Waals surface area contributed by atoms with Crippen molar-refractivity contribution in [1.82, 2.24) is 10.3 Å². The molecule has 2 rings (SSSR count). The van der Waals surface area contributed by atoms with E-state index in [-0.39, 0.29) is 0 Å². The molecule has 2 nitrogen and oxygen atoms in total. The predicted octanol–water partition coefficient (Wildman–Crippen LogP) is 2.62. The Morgan fingerprint density at radius 2 is 2.19 bits per heavy atom. The van der Waals surface area contributed by atoms with E-state index in [0.717, 1.165) is 24.7 Å². The molecule has 0 aliphatic carbocycles. The molecule has 0 amide bonds. The van der Waals surface area contributed by atoms with Crippen molar-refractivity contribution in [3.05, 3.63) is 29.6 Å². The minimum absolute atomic E-state index is 0.881. The first-order valence-electron chi connectivity index (χ1n) is 6.04. The van der Waals surface area contributed by atoms with Crippen molar-refractivity contribution in [2.45, 2.75) is 26.3 Å². The molecule has 1 aliphatic rings. The fraction of sp³-hybridized carbons (Fsp3) is 0.615. The van der Waals surface area contributed by atoms with E-state index in [9.17, 15) is 0 Å². The molecule has 2 heterocycles. The van der Waals surface area contributed by atoms with Gasteiger partial charge in [0.1, 0.15) is 0 Å². The van der Waals surface area contributed by atoms with Crippen molar-refractivity contribution in [3.63, 3.8) is 0 Å². The van der Waals surface area contributed by atoms with Gasteiger partial charge in [-0.25, -0.2) is 0 Å². The molecule has 1 saturated heterocycles. The molecule has 1 fully saturated rings. The lowest BCUT2D eigenvalue weighted by Gasteiger charge is -2.21. The van der Waals surface area contributed by atoms with Gasteiger partial charge in [-0.1, -0.05) is 6.07 Å². The Morgan fingerprint density at radius 1 is 1.38 bits per heavy atom. The molecule has 0 unspecified atom stereocenters. The average Bonchev–Trinajstić information content (AvgIpc) is 2.33. The Hall–Kier alpha value is -0.540. The van der Waals surface area contributed by atoms with E-state index >= 15 is 0 Å². The molecule has 0 atom stereocenters. The highest BCUT2D eigenvalue weighted by Gasteiger charge is 2.12. The zero-order valence-corrected chi connectivity index (χ0v) is 10.7. The number of aryl methyl sites for hydroxylation is 1. The molecule has 1 aromatic rings. The lowest BCUT2D eigenvalue weighted by molar-refractivity contribution is 0.446. The summed E-state index contributed by atoms with van der Waals surface area (Å²) in [5.41, 5.74) is 2.38. The van der Waals surface area contributed by atoms with Crippen molar-refractivity contribution in [2.24, 2.45) is 5.92 Å². The second-order valence-electron chi connectivity index (χ2n) is 4.51. The number of rotatable bonds is 4. The maximum Gasteiger partial charge on any atom is 0.0541 e. The highest BCUT2D eigenvalue weighted by molar-refractivity contribution is 7.99. The van der Waals surface area contributed by atoms with Crippen LogP contribution < -0.4 is 5.32 Å². The van der Waals surface area contributed by atoms with Gasteiger partial charge in [0, 0.05) is 12.7 Å². The van der Waals surface area contributed by atoms with Crippen LogP contribution in [0.25, 0.3) is 0 Å². The van der Waals surface area contributed by atoms with Gasteiger partial charge in [0.15, 0.2) is 0 Å². The fourth-order valence-corrected chi connectivity index (χ4v) is 3.16. The van der Waals surface area contributed by atoms with Gasteiger partial charge in [0.25, 0.3) is 0 Å². The van der Waals surface area contributed by atoms with E-state index in [1.165, 1.54) is 29.9 Å². The van der Waals surface area contributed by atoms with Crippen LogP contribution in [0, 0.1) is 12.8 Å². The lowest BCUT2D eigenvalue weighted by Crippen LogP contribution is -2.25. The third-order valence-electron chi connectivity index (χ3n) is 3.05. The highest BCUT2D eigenvalue weighted by atomic mass is 32.2. The topological polar surface area (TPSA) is 24.9 Å². The van der Waals surface area contributed by atoms with E-state index < -0.39 is 0 Å². The molecule has 0 aromatic carbocycles. The van der Waals surface area contributed by atoms with Crippen LogP contribution in [0.1, 0.15) is 24.1 Å². The Bertz CT molecular complexity index is 304. The standard InChI is InChI=1S/C13H20N2S/c1-11-2-3-13(15-8-11)10-14-9-12-4-6-16-7-5-12/h2-3,8,12,14H,4-7,9-10H2,1H3. The molecular weight excluding hydrogens is 216 g/mol. The summed E-state index contributed by atoms with van der Waals surface area (Å²) in [4.78, 5) is 4.39. The summed E-state index contributed by atoms with van der Waals surface area (Å²) in [7, 11) is 0. The van der Waals surface area contributed by atoms with E-state index in [1.807, 2.05) is 6.20 Å². The first kappa shape index (κ1) is 11.9. The number of hydrogen-bond acceptors (Lipinski definition) is 3. The van der Waals surface area contributed by atoms with Gasteiger partial charge in [0.05, 0.1) is 5.69 Å². The summed E-state index contributed by atoms with van der Waals surface area (Å²) in [5, 5.41) is 3.52. The average molecular weight is 236 g/mol. The monoisotopic (exact) mass is 236 g/mol. The van der Waals surface area contributed by atoms with Crippen LogP contribution in [0.2, 0.25) is 0 Å². The Balaban J connectivity index is 1.69. The minimum atomic E-state index is 0.881. The second-order valence-corrected chi connectivity index (χ2v) is 5.74. The van der Waals surface area contributed by atoms with Gasteiger partial charge in [0.2, 0.25) is 0 Å². The summed E-state index contributed by atoms with van der Waals surface area (Å²) in [6, 6.07) is 4.24. The van der Waals surface area contributed by atoms with Crippen molar-refractivity contribution < 1.29 is 0 Å². The molecule has 1 aromatic heterocycles. The maximum atomic E-state index is 4.39. The third kappa shape index (κ3) is 3.80. The first-order chi connectivity index (χ1) is 7.84. The van der Waals surface area contributed by atoms with Crippen LogP contribution in [0.4, 0.5) is 0 Å². The van der Waals surface area contributed by atoms with E-state index in [2.05, 4.69) is 41.1 Å². The maximum absolute atomic E-state index is 4.39. The summed E-state index contributed by atoms with van der Waals surface area (Å²) >= 11 is 2.09. The predicted molar refractivity (Wildman–Crippen MR) is 70.7 cm³/mol. The van der Waals surface area contributed by atoms with Crippen LogP contribution in [0.3, 0.4) is 0 Å². The molecular formula is C13H20N2S. The Kier molecular flexibility index (Phi) is 4.67. The normalized spacial score (nSPS) is 17.6. The van der Waals surface area contributed by atoms with Crippen molar-refractivity contribution in [2.75, 3.05) is 18.1 Å². The summed E-state index contributed by atoms with van der Waals surface area (Å²) in [6.07, 6.45) is 4.69. The number of hydrogen-bond donors (Lipinski definition) is 1. The van der Waals surface area contributed by atoms with Crippen molar-refractivity contribution in [3.8, 4) is 0 Å². The van der Waals surface area contributed by atoms with Gasteiger partial charge < -0.3 is 5.32 Å². The van der Waals surface area contributed by atoms with Gasteiger partial charge in [-0.05, 0) is 55.4 Å². The Labute approximate surface area is 102 Å². The number of thioether (sulfide) groups is 1. The second kappa shape index (κ2) is 6.26. The van der Waals surface area contributed by atoms with E-state index in [4.69, 9.17) is 0 Å². The van der Waals surface area contributed by atoms with Crippen LogP contribution in [0.5, 0.6) is 0 Å². The van der Waals surface area contributed by atoms with Crippen LogP contribution >= 0.6 is 11.8 Å². The summed E-state index contributed by atoms with van der Waals surface area (Å²) < 4.78 is 0. The van der Waals surface area contributed by atoms with Gasteiger partial charge in [-0.15, -0.1) is 0 Å². The van der Waals surface area contributed by atoms with Gasteiger partial charge >= 0.3 is 0 Å². The number of pyridine rings is 1. The van der Waals surface area contributed by atoms with Gasteiger partial charge in [-0.2, -0.15) is 11.8 Å². The van der Waals surface area contributed by atoms with Crippen molar-refractivity contribution >= 4 is 11.8 Å². The largest absolute Gasteiger partial charge is 0.311 e. The molecule has 16 heavy (non-hydrogen) atoms. The summed E-state index contributed by atoms with van der Waals surface area (Å²) in [6.45, 7) is 4.13. The Morgan fingerprint density at radius 3 is 2.88 bits per heavy atom. The zero-order chi connectivity index (χ0) is 11.2. The summed E-state index contributed by atoms with van der Waals surface area (Å²) in [5.74, 6) is 3.57. The smallest absolute Gasteiger partial charge is 0.0541 e. The first-order valence-corrected chi connectivity index (χ1v) is 7.20. The minimum Gasteiger partial charge on any atom is -0.311 e. The van der Waals surface area contributed by atoms with E-state index in [1.54, 1.807) is 0 Å².